The highest BCUT2D eigenvalue weighted by Crippen LogP contribution is 2.30. The third-order valence-corrected chi connectivity index (χ3v) is 6.45. The predicted octanol–water partition coefficient (Wildman–Crippen LogP) is 2.26. The molecule has 1 aliphatic carbocycles. The minimum atomic E-state index is -1.03. The number of aliphatic hydroxyl groups excluding tert-OH is 2. The van der Waals surface area contributed by atoms with E-state index in [0.29, 0.717) is 17.9 Å². The molecule has 184 valence electrons. The van der Waals surface area contributed by atoms with Gasteiger partial charge in [-0.1, -0.05) is 38.3 Å². The van der Waals surface area contributed by atoms with Gasteiger partial charge in [-0.2, -0.15) is 0 Å². The third-order valence-electron chi connectivity index (χ3n) is 5.56. The number of amides is 2. The Morgan fingerprint density at radius 1 is 1.24 bits per heavy atom. The lowest BCUT2D eigenvalue weighted by Crippen LogP contribution is -2.56. The van der Waals surface area contributed by atoms with E-state index < -0.39 is 18.2 Å². The molecule has 3 N–H and O–H groups in total. The lowest BCUT2D eigenvalue weighted by atomic mass is 9.88. The van der Waals surface area contributed by atoms with Gasteiger partial charge < -0.3 is 29.9 Å². The molecule has 0 aromatic heterocycles. The van der Waals surface area contributed by atoms with Gasteiger partial charge in [0, 0.05) is 32.2 Å². The number of rotatable bonds is 13. The maximum atomic E-state index is 12.9. The molecule has 9 heteroatoms. The van der Waals surface area contributed by atoms with Crippen molar-refractivity contribution in [1.29, 1.82) is 0 Å². The van der Waals surface area contributed by atoms with Crippen molar-refractivity contribution in [2.75, 3.05) is 33.4 Å². The smallest absolute Gasteiger partial charge is 0.248 e. The molecule has 0 radical (unpaired) electrons. The lowest BCUT2D eigenvalue weighted by molar-refractivity contribution is -0.142. The van der Waals surface area contributed by atoms with Crippen LogP contribution in [0.2, 0.25) is 0 Å². The molecule has 8 nitrogen and oxygen atoms in total. The van der Waals surface area contributed by atoms with E-state index in [1.54, 1.807) is 17.0 Å². The fraction of sp³-hybridized carbons (Fsp3) is 0.583. The first-order valence-corrected chi connectivity index (χ1v) is 12.5. The number of carbonyl (C=O) groups is 2. The molecule has 0 fully saturated rings. The largest absolute Gasteiger partial charge is 0.482 e. The molecular weight excluding hydrogens is 539 g/mol. The lowest BCUT2D eigenvalue weighted by Gasteiger charge is -2.40. The Labute approximate surface area is 209 Å². The fourth-order valence-electron chi connectivity index (χ4n) is 3.86. The number of aliphatic hydroxyl groups is 2. The Morgan fingerprint density at radius 2 is 2.00 bits per heavy atom. The van der Waals surface area contributed by atoms with Gasteiger partial charge >= 0.3 is 0 Å². The molecule has 0 heterocycles. The van der Waals surface area contributed by atoms with Gasteiger partial charge in [-0.15, -0.1) is 0 Å². The van der Waals surface area contributed by atoms with Crippen LogP contribution in [0.1, 0.15) is 39.0 Å². The van der Waals surface area contributed by atoms with Gasteiger partial charge in [-0.25, -0.2) is 0 Å². The second-order valence-corrected chi connectivity index (χ2v) is 9.19. The van der Waals surface area contributed by atoms with Gasteiger partial charge in [-0.3, -0.25) is 9.59 Å². The van der Waals surface area contributed by atoms with Crippen LogP contribution in [0.5, 0.6) is 5.75 Å². The molecule has 2 rings (SSSR count). The summed E-state index contributed by atoms with van der Waals surface area (Å²) >= 11 is 2.15. The summed E-state index contributed by atoms with van der Waals surface area (Å²) in [4.78, 5) is 27.3. The average Bonchev–Trinajstić information content (AvgIpc) is 2.80. The molecule has 0 aliphatic heterocycles. The van der Waals surface area contributed by atoms with Crippen molar-refractivity contribution in [1.82, 2.24) is 10.2 Å². The number of hydrogen-bond acceptors (Lipinski definition) is 6. The number of ether oxygens (including phenoxy) is 2. The van der Waals surface area contributed by atoms with Crippen molar-refractivity contribution in [3.63, 3.8) is 0 Å². The molecular formula is C24H35IN2O6. The van der Waals surface area contributed by atoms with Gasteiger partial charge in [0.2, 0.25) is 11.8 Å². The molecule has 2 amide bonds. The Hall–Kier alpha value is -1.69. The summed E-state index contributed by atoms with van der Waals surface area (Å²) in [6, 6.07) is 6.78. The van der Waals surface area contributed by atoms with E-state index in [0.717, 1.165) is 29.3 Å². The van der Waals surface area contributed by atoms with Gasteiger partial charge in [0.1, 0.15) is 24.6 Å². The van der Waals surface area contributed by atoms with Crippen LogP contribution in [0.25, 0.3) is 0 Å². The van der Waals surface area contributed by atoms with Crippen LogP contribution in [-0.4, -0.2) is 78.6 Å². The van der Waals surface area contributed by atoms with E-state index in [1.807, 2.05) is 18.2 Å². The van der Waals surface area contributed by atoms with Gasteiger partial charge in [0.15, 0.2) is 0 Å². The molecule has 0 spiro atoms. The number of unbranched alkanes of at least 4 members (excludes halogenated alkanes) is 3. The van der Waals surface area contributed by atoms with Crippen LogP contribution in [0.4, 0.5) is 0 Å². The van der Waals surface area contributed by atoms with Crippen molar-refractivity contribution >= 4 is 34.4 Å². The number of para-hydroxylation sites is 1. The molecule has 3 atom stereocenters. The topological polar surface area (TPSA) is 108 Å². The fourth-order valence-corrected chi connectivity index (χ4v) is 4.37. The number of nitrogens with one attached hydrogen (secondary N) is 1. The first kappa shape index (κ1) is 27.6. The minimum absolute atomic E-state index is 0.102. The Balaban J connectivity index is 2.33. The highest BCUT2D eigenvalue weighted by atomic mass is 127. The summed E-state index contributed by atoms with van der Waals surface area (Å²) in [6.45, 7) is 2.42. The zero-order chi connectivity index (χ0) is 24.2. The monoisotopic (exact) mass is 574 g/mol. The maximum absolute atomic E-state index is 12.9. The molecule has 1 aliphatic rings. The predicted molar refractivity (Wildman–Crippen MR) is 134 cm³/mol. The van der Waals surface area contributed by atoms with Crippen molar-refractivity contribution in [3.8, 4) is 5.75 Å². The van der Waals surface area contributed by atoms with Crippen LogP contribution >= 0.6 is 22.6 Å². The summed E-state index contributed by atoms with van der Waals surface area (Å²) in [5.41, 5.74) is 0.415. The molecule has 1 aromatic rings. The molecule has 0 bridgehead atoms. The second kappa shape index (κ2) is 14.5. The molecule has 1 aromatic carbocycles. The van der Waals surface area contributed by atoms with Crippen LogP contribution in [-0.2, 0) is 14.3 Å². The van der Waals surface area contributed by atoms with Crippen molar-refractivity contribution < 1.29 is 29.3 Å². The summed E-state index contributed by atoms with van der Waals surface area (Å²) in [5, 5.41) is 23.0. The zero-order valence-electron chi connectivity index (χ0n) is 19.3. The third kappa shape index (κ3) is 8.24. The highest BCUT2D eigenvalue weighted by molar-refractivity contribution is 14.1. The molecule has 33 heavy (non-hydrogen) atoms. The number of nitrogens with zero attached hydrogens (tertiary/aromatic N) is 1. The number of carbonyl (C=O) groups excluding carboxylic acids is 2. The number of hydrogen-bond donors (Lipinski definition) is 3. The number of halogens is 1. The molecule has 0 saturated heterocycles. The Morgan fingerprint density at radius 3 is 2.67 bits per heavy atom. The SMILES string of the molecule is CCCCCCN(C(=O)COC)[C@@H]1CC(C(=O)NCCO)=C[C@H](Oc2ccccc2I)[C@H]1O. The number of methoxy groups -OCH3 is 1. The van der Waals surface area contributed by atoms with E-state index in [1.165, 1.54) is 7.11 Å². The van der Waals surface area contributed by atoms with Crippen molar-refractivity contribution in [3.05, 3.63) is 39.5 Å². The van der Waals surface area contributed by atoms with Crippen LogP contribution < -0.4 is 10.1 Å². The second-order valence-electron chi connectivity index (χ2n) is 8.03. The van der Waals surface area contributed by atoms with Crippen molar-refractivity contribution in [2.45, 2.75) is 57.3 Å². The quantitative estimate of drug-likeness (QED) is 0.247. The van der Waals surface area contributed by atoms with Crippen LogP contribution in [0.15, 0.2) is 35.9 Å². The van der Waals surface area contributed by atoms with E-state index in [4.69, 9.17) is 14.6 Å². The normalized spacial score (nSPS) is 20.2. The van der Waals surface area contributed by atoms with E-state index in [-0.39, 0.29) is 38.0 Å². The van der Waals surface area contributed by atoms with Gasteiger partial charge in [-0.05, 0) is 47.2 Å². The number of benzene rings is 1. The first-order chi connectivity index (χ1) is 15.9. The standard InChI is InChI=1S/C24H35IN2O6/c1-3-4-5-8-12-27(22(29)16-32-2)19-14-17(24(31)26-11-13-28)15-21(23(19)30)33-20-10-7-6-9-18(20)25/h6-7,9-10,15,19,21,23,28,30H,3-5,8,11-14,16H2,1-2H3,(H,26,31)/t19-,21+,23+/m1/s1. The van der Waals surface area contributed by atoms with Crippen LogP contribution in [0, 0.1) is 3.57 Å². The van der Waals surface area contributed by atoms with Gasteiger partial charge in [0.25, 0.3) is 0 Å². The molecule has 0 saturated carbocycles. The highest BCUT2D eigenvalue weighted by Gasteiger charge is 2.40. The van der Waals surface area contributed by atoms with E-state index in [9.17, 15) is 14.7 Å². The first-order valence-electron chi connectivity index (χ1n) is 11.4. The summed E-state index contributed by atoms with van der Waals surface area (Å²) in [6.07, 6.45) is 3.86. The summed E-state index contributed by atoms with van der Waals surface area (Å²) < 4.78 is 12.1. The van der Waals surface area contributed by atoms with Gasteiger partial charge in [0.05, 0.1) is 16.2 Å². The van der Waals surface area contributed by atoms with Crippen LogP contribution in [0.3, 0.4) is 0 Å². The Kier molecular flexibility index (Phi) is 12.1. The van der Waals surface area contributed by atoms with E-state index in [2.05, 4.69) is 34.8 Å². The Bertz CT molecular complexity index is 803. The summed E-state index contributed by atoms with van der Waals surface area (Å²) in [5.74, 6) is 0.0115. The zero-order valence-corrected chi connectivity index (χ0v) is 21.5. The summed E-state index contributed by atoms with van der Waals surface area (Å²) in [7, 11) is 1.46. The van der Waals surface area contributed by atoms with Crippen molar-refractivity contribution in [2.24, 2.45) is 0 Å². The molecule has 0 unspecified atom stereocenters. The average molecular weight is 574 g/mol. The maximum Gasteiger partial charge on any atom is 0.248 e. The minimum Gasteiger partial charge on any atom is -0.482 e. The van der Waals surface area contributed by atoms with E-state index >= 15 is 0 Å².